The van der Waals surface area contributed by atoms with Crippen LogP contribution < -0.4 is 10.5 Å². The van der Waals surface area contributed by atoms with Crippen molar-refractivity contribution in [1.82, 2.24) is 9.97 Å². The number of hydrogen-bond acceptors (Lipinski definition) is 3. The van der Waals surface area contributed by atoms with Gasteiger partial charge in [-0.2, -0.15) is 0 Å². The van der Waals surface area contributed by atoms with Gasteiger partial charge >= 0.3 is 0 Å². The molecule has 1 aliphatic rings. The minimum absolute atomic E-state index is 0.0332. The Morgan fingerprint density at radius 2 is 1.90 bits per heavy atom. The number of hydrogen-bond donors (Lipinski definition) is 1. The molecule has 0 unspecified atom stereocenters. The van der Waals surface area contributed by atoms with E-state index in [4.69, 9.17) is 0 Å². The van der Waals surface area contributed by atoms with E-state index >= 15 is 0 Å². The molecule has 0 atom stereocenters. The molecule has 1 fully saturated rings. The topological polar surface area (TPSA) is 49.0 Å². The molecule has 4 nitrogen and oxygen atoms in total. The minimum atomic E-state index is -0.0332. The van der Waals surface area contributed by atoms with Crippen LogP contribution in [0.5, 0.6) is 0 Å². The summed E-state index contributed by atoms with van der Waals surface area (Å²) < 4.78 is 0.735. The third-order valence-electron chi connectivity index (χ3n) is 3.51. The van der Waals surface area contributed by atoms with Gasteiger partial charge < -0.3 is 9.88 Å². The molecular formula is C15H16IN3O. The molecule has 20 heavy (non-hydrogen) atoms. The molecule has 1 heterocycles. The molecule has 1 aromatic heterocycles. The third-order valence-corrected chi connectivity index (χ3v) is 4.55. The van der Waals surface area contributed by atoms with E-state index in [2.05, 4.69) is 32.6 Å². The number of aromatic amines is 1. The highest BCUT2D eigenvalue weighted by Crippen LogP contribution is 2.40. The number of H-pyrrole nitrogens is 1. The summed E-state index contributed by atoms with van der Waals surface area (Å²) in [6, 6.07) is 8.06. The van der Waals surface area contributed by atoms with Gasteiger partial charge in [0.15, 0.2) is 0 Å². The van der Waals surface area contributed by atoms with Crippen LogP contribution in [0.25, 0.3) is 11.4 Å². The highest BCUT2D eigenvalue weighted by Gasteiger charge is 2.28. The van der Waals surface area contributed by atoms with Crippen LogP contribution in [0.1, 0.15) is 24.5 Å². The first kappa shape index (κ1) is 13.6. The predicted molar refractivity (Wildman–Crippen MR) is 89.3 cm³/mol. The SMILES string of the molecule is CN(C)c1ccc(-c2nc(C3CC3)c(I)c(=O)[nH]2)cc1. The van der Waals surface area contributed by atoms with Crippen molar-refractivity contribution in [3.8, 4) is 11.4 Å². The predicted octanol–water partition coefficient (Wildman–Crippen LogP) is 2.98. The lowest BCUT2D eigenvalue weighted by Crippen LogP contribution is -2.16. The maximum Gasteiger partial charge on any atom is 0.264 e. The molecule has 1 saturated carbocycles. The van der Waals surface area contributed by atoms with Crippen molar-refractivity contribution < 1.29 is 0 Å². The summed E-state index contributed by atoms with van der Waals surface area (Å²) in [5.41, 5.74) is 3.00. The number of nitrogens with zero attached hydrogens (tertiary/aromatic N) is 2. The van der Waals surface area contributed by atoms with Crippen molar-refractivity contribution >= 4 is 28.3 Å². The van der Waals surface area contributed by atoms with Crippen LogP contribution >= 0.6 is 22.6 Å². The van der Waals surface area contributed by atoms with Gasteiger partial charge in [-0.3, -0.25) is 4.79 Å². The Kier molecular flexibility index (Phi) is 3.54. The highest BCUT2D eigenvalue weighted by atomic mass is 127. The Bertz CT molecular complexity index is 687. The van der Waals surface area contributed by atoms with E-state index in [1.807, 2.05) is 43.3 Å². The van der Waals surface area contributed by atoms with Crippen molar-refractivity contribution in [2.75, 3.05) is 19.0 Å². The zero-order valence-electron chi connectivity index (χ0n) is 11.5. The lowest BCUT2D eigenvalue weighted by Gasteiger charge is -2.12. The summed E-state index contributed by atoms with van der Waals surface area (Å²) in [6.07, 6.45) is 2.29. The second kappa shape index (κ2) is 5.20. The molecule has 1 N–H and O–H groups in total. The Morgan fingerprint density at radius 1 is 1.25 bits per heavy atom. The van der Waals surface area contributed by atoms with E-state index in [0.29, 0.717) is 11.7 Å². The molecule has 0 saturated heterocycles. The van der Waals surface area contributed by atoms with Crippen LogP contribution in [0.4, 0.5) is 5.69 Å². The molecule has 0 radical (unpaired) electrons. The summed E-state index contributed by atoms with van der Waals surface area (Å²) in [5.74, 6) is 1.15. The quantitative estimate of drug-likeness (QED) is 0.832. The average molecular weight is 381 g/mol. The Balaban J connectivity index is 2.03. The van der Waals surface area contributed by atoms with Gasteiger partial charge in [0.1, 0.15) is 5.82 Å². The summed E-state index contributed by atoms with van der Waals surface area (Å²) in [5, 5.41) is 0. The minimum Gasteiger partial charge on any atom is -0.378 e. The van der Waals surface area contributed by atoms with Gasteiger partial charge in [0.2, 0.25) is 0 Å². The molecule has 5 heteroatoms. The van der Waals surface area contributed by atoms with Gasteiger partial charge in [0.05, 0.1) is 9.26 Å². The van der Waals surface area contributed by atoms with Gasteiger partial charge in [-0.25, -0.2) is 4.98 Å². The second-order valence-electron chi connectivity index (χ2n) is 5.33. The molecule has 3 rings (SSSR count). The zero-order chi connectivity index (χ0) is 14.3. The maximum absolute atomic E-state index is 12.0. The summed E-state index contributed by atoms with van der Waals surface area (Å²) >= 11 is 2.10. The van der Waals surface area contributed by atoms with Crippen LogP contribution in [0.15, 0.2) is 29.1 Å². The van der Waals surface area contributed by atoms with Crippen molar-refractivity contribution in [3.63, 3.8) is 0 Å². The fourth-order valence-electron chi connectivity index (χ4n) is 2.16. The molecule has 0 bridgehead atoms. The van der Waals surface area contributed by atoms with Gasteiger partial charge in [0.25, 0.3) is 5.56 Å². The van der Waals surface area contributed by atoms with Crippen molar-refractivity contribution in [2.24, 2.45) is 0 Å². The number of rotatable bonds is 3. The Morgan fingerprint density at radius 3 is 2.45 bits per heavy atom. The van der Waals surface area contributed by atoms with Gasteiger partial charge in [-0.1, -0.05) is 0 Å². The number of halogens is 1. The molecule has 0 spiro atoms. The van der Waals surface area contributed by atoms with E-state index in [1.54, 1.807) is 0 Å². The Hall–Kier alpha value is -1.37. The molecule has 0 aliphatic heterocycles. The molecule has 2 aromatic rings. The van der Waals surface area contributed by atoms with E-state index in [1.165, 1.54) is 0 Å². The van der Waals surface area contributed by atoms with Crippen LogP contribution in [0, 0.1) is 3.57 Å². The van der Waals surface area contributed by atoms with Crippen LogP contribution in [-0.4, -0.2) is 24.1 Å². The maximum atomic E-state index is 12.0. The number of benzene rings is 1. The third kappa shape index (κ3) is 2.59. The summed E-state index contributed by atoms with van der Waals surface area (Å²) in [4.78, 5) is 21.6. The van der Waals surface area contributed by atoms with Gasteiger partial charge in [-0.05, 0) is 59.7 Å². The zero-order valence-corrected chi connectivity index (χ0v) is 13.6. The Labute approximate surface area is 131 Å². The largest absolute Gasteiger partial charge is 0.378 e. The normalized spacial score (nSPS) is 14.3. The fraction of sp³-hybridized carbons (Fsp3) is 0.333. The molecular weight excluding hydrogens is 365 g/mol. The van der Waals surface area contributed by atoms with Gasteiger partial charge in [-0.15, -0.1) is 0 Å². The monoisotopic (exact) mass is 381 g/mol. The average Bonchev–Trinajstić information content (AvgIpc) is 3.26. The molecule has 1 aliphatic carbocycles. The fourth-order valence-corrected chi connectivity index (χ4v) is 2.85. The van der Waals surface area contributed by atoms with E-state index < -0.39 is 0 Å². The lowest BCUT2D eigenvalue weighted by atomic mass is 10.1. The standard InChI is InChI=1S/C15H16IN3O/c1-19(2)11-7-5-10(6-8-11)14-17-13(9-3-4-9)12(16)15(20)18-14/h5-9H,3-4H2,1-2H3,(H,17,18,20). The van der Waals surface area contributed by atoms with Crippen LogP contribution in [-0.2, 0) is 0 Å². The number of nitrogens with one attached hydrogen (secondary N) is 1. The van der Waals surface area contributed by atoms with Crippen LogP contribution in [0.3, 0.4) is 0 Å². The first-order valence-corrected chi connectivity index (χ1v) is 7.71. The summed E-state index contributed by atoms with van der Waals surface area (Å²) in [7, 11) is 4.01. The van der Waals surface area contributed by atoms with Crippen LogP contribution in [0.2, 0.25) is 0 Å². The van der Waals surface area contributed by atoms with E-state index in [9.17, 15) is 4.79 Å². The lowest BCUT2D eigenvalue weighted by molar-refractivity contribution is 0.958. The van der Waals surface area contributed by atoms with E-state index in [0.717, 1.165) is 33.4 Å². The molecule has 0 amide bonds. The second-order valence-corrected chi connectivity index (χ2v) is 6.41. The highest BCUT2D eigenvalue weighted by molar-refractivity contribution is 14.1. The van der Waals surface area contributed by atoms with E-state index in [-0.39, 0.29) is 5.56 Å². The van der Waals surface area contributed by atoms with Crippen molar-refractivity contribution in [1.29, 1.82) is 0 Å². The first-order chi connectivity index (χ1) is 9.56. The molecule has 1 aromatic carbocycles. The van der Waals surface area contributed by atoms with Crippen molar-refractivity contribution in [3.05, 3.63) is 43.9 Å². The first-order valence-electron chi connectivity index (χ1n) is 6.63. The number of aromatic nitrogens is 2. The van der Waals surface area contributed by atoms with Gasteiger partial charge in [0, 0.05) is 31.3 Å². The number of anilines is 1. The molecule has 104 valence electrons. The smallest absolute Gasteiger partial charge is 0.264 e. The summed E-state index contributed by atoms with van der Waals surface area (Å²) in [6.45, 7) is 0. The van der Waals surface area contributed by atoms with Crippen molar-refractivity contribution in [2.45, 2.75) is 18.8 Å².